The van der Waals surface area contributed by atoms with E-state index in [1.807, 2.05) is 37.4 Å². The van der Waals surface area contributed by atoms with Crippen LogP contribution in [-0.2, 0) is 4.79 Å². The van der Waals surface area contributed by atoms with Gasteiger partial charge in [-0.15, -0.1) is 11.3 Å². The molecule has 3 heterocycles. The van der Waals surface area contributed by atoms with Crippen molar-refractivity contribution in [1.29, 1.82) is 0 Å². The quantitative estimate of drug-likeness (QED) is 0.760. The first-order chi connectivity index (χ1) is 9.78. The molecule has 3 aromatic rings. The third-order valence-electron chi connectivity index (χ3n) is 3.06. The van der Waals surface area contributed by atoms with E-state index in [4.69, 9.17) is 0 Å². The molecule has 0 spiro atoms. The van der Waals surface area contributed by atoms with Gasteiger partial charge in [0.15, 0.2) is 0 Å². The molecule has 102 valence electrons. The Kier molecular flexibility index (Phi) is 3.52. The summed E-state index contributed by atoms with van der Waals surface area (Å²) in [5.41, 5.74) is 2.00. The number of rotatable bonds is 4. The Hall–Kier alpha value is -2.14. The second kappa shape index (κ2) is 5.46. The molecule has 4 nitrogen and oxygen atoms in total. The second-order valence-corrected chi connectivity index (χ2v) is 5.65. The van der Waals surface area contributed by atoms with E-state index in [0.29, 0.717) is 6.42 Å². The summed E-state index contributed by atoms with van der Waals surface area (Å²) in [4.78, 5) is 20.2. The summed E-state index contributed by atoms with van der Waals surface area (Å²) in [6.45, 7) is 2.00. The number of carbonyl (C=O) groups excluding carboxylic acids is 1. The van der Waals surface area contributed by atoms with Crippen LogP contribution in [0, 0.1) is 0 Å². The highest BCUT2D eigenvalue weighted by atomic mass is 32.1. The average Bonchev–Trinajstić information content (AvgIpc) is 3.05. The van der Waals surface area contributed by atoms with Gasteiger partial charge in [-0.25, -0.2) is 4.98 Å². The zero-order valence-electron chi connectivity index (χ0n) is 11.1. The molecule has 0 saturated heterocycles. The van der Waals surface area contributed by atoms with Gasteiger partial charge < -0.3 is 10.3 Å². The molecule has 3 aromatic heterocycles. The van der Waals surface area contributed by atoms with Gasteiger partial charge in [0.05, 0.1) is 5.00 Å². The van der Waals surface area contributed by atoms with Crippen LogP contribution in [0.5, 0.6) is 0 Å². The van der Waals surface area contributed by atoms with Crippen LogP contribution in [-0.4, -0.2) is 15.9 Å². The summed E-state index contributed by atoms with van der Waals surface area (Å²) in [6.07, 6.45) is 5.15. The molecule has 0 saturated carbocycles. The van der Waals surface area contributed by atoms with Crippen molar-refractivity contribution in [2.24, 2.45) is 0 Å². The highest BCUT2D eigenvalue weighted by Crippen LogP contribution is 2.35. The molecule has 0 radical (unpaired) electrons. The number of aromatic nitrogens is 2. The van der Waals surface area contributed by atoms with Crippen molar-refractivity contribution in [1.82, 2.24) is 9.97 Å². The van der Waals surface area contributed by atoms with Crippen LogP contribution in [0.15, 0.2) is 36.7 Å². The van der Waals surface area contributed by atoms with Crippen molar-refractivity contribution >= 4 is 33.3 Å². The molecule has 0 aromatic carbocycles. The number of anilines is 1. The molecule has 0 unspecified atom stereocenters. The van der Waals surface area contributed by atoms with Crippen LogP contribution in [0.25, 0.3) is 21.5 Å². The molecule has 0 bridgehead atoms. The smallest absolute Gasteiger partial charge is 0.224 e. The van der Waals surface area contributed by atoms with Crippen LogP contribution in [0.4, 0.5) is 5.00 Å². The highest BCUT2D eigenvalue weighted by molar-refractivity contribution is 7.19. The maximum atomic E-state index is 11.6. The van der Waals surface area contributed by atoms with Gasteiger partial charge in [-0.05, 0) is 30.7 Å². The summed E-state index contributed by atoms with van der Waals surface area (Å²) in [5.74, 6) is 0.0708. The predicted octanol–water partition coefficient (Wildman–Crippen LogP) is 4.03. The average molecular weight is 285 g/mol. The number of aromatic amines is 1. The predicted molar refractivity (Wildman–Crippen MR) is 82.9 cm³/mol. The summed E-state index contributed by atoms with van der Waals surface area (Å²) in [5, 5.41) is 4.91. The molecular formula is C15H15N3OS. The number of hydrogen-bond acceptors (Lipinski definition) is 3. The molecule has 5 heteroatoms. The van der Waals surface area contributed by atoms with Gasteiger partial charge in [0, 0.05) is 34.6 Å². The van der Waals surface area contributed by atoms with E-state index in [1.54, 1.807) is 17.5 Å². The lowest BCUT2D eigenvalue weighted by Crippen LogP contribution is -2.08. The molecule has 0 fully saturated rings. The van der Waals surface area contributed by atoms with E-state index in [1.165, 1.54) is 0 Å². The maximum absolute atomic E-state index is 11.6. The number of amides is 1. The van der Waals surface area contributed by atoms with Gasteiger partial charge in [-0.1, -0.05) is 6.92 Å². The van der Waals surface area contributed by atoms with Crippen molar-refractivity contribution in [2.45, 2.75) is 19.8 Å². The van der Waals surface area contributed by atoms with Crippen LogP contribution in [0.1, 0.15) is 19.8 Å². The van der Waals surface area contributed by atoms with E-state index in [0.717, 1.165) is 32.9 Å². The van der Waals surface area contributed by atoms with Gasteiger partial charge in [0.1, 0.15) is 5.65 Å². The number of nitrogens with one attached hydrogen (secondary N) is 2. The summed E-state index contributed by atoms with van der Waals surface area (Å²) >= 11 is 1.58. The lowest BCUT2D eigenvalue weighted by molar-refractivity contribution is -0.116. The number of nitrogens with zero attached hydrogens (tertiary/aromatic N) is 1. The standard InChI is InChI=1S/C15H15N3OS/c1-2-4-13(19)18-14-7-6-12(20-14)11-9-17-15-10(11)5-3-8-16-15/h3,5-9H,2,4H2,1H3,(H,16,17)(H,18,19). The molecule has 1 amide bonds. The molecule has 0 aliphatic rings. The van der Waals surface area contributed by atoms with Crippen LogP contribution in [0.3, 0.4) is 0 Å². The fourth-order valence-electron chi connectivity index (χ4n) is 2.14. The Balaban J connectivity index is 1.88. The van der Waals surface area contributed by atoms with Crippen molar-refractivity contribution in [3.05, 3.63) is 36.7 Å². The van der Waals surface area contributed by atoms with Crippen molar-refractivity contribution < 1.29 is 4.79 Å². The highest BCUT2D eigenvalue weighted by Gasteiger charge is 2.10. The van der Waals surface area contributed by atoms with Crippen LogP contribution in [0.2, 0.25) is 0 Å². The van der Waals surface area contributed by atoms with E-state index in [-0.39, 0.29) is 5.91 Å². The third-order valence-corrected chi connectivity index (χ3v) is 4.10. The summed E-state index contributed by atoms with van der Waals surface area (Å²) in [6, 6.07) is 7.95. The monoisotopic (exact) mass is 285 g/mol. The number of H-pyrrole nitrogens is 1. The van der Waals surface area contributed by atoms with Crippen LogP contribution >= 0.6 is 11.3 Å². The first-order valence-electron chi connectivity index (χ1n) is 6.60. The third kappa shape index (κ3) is 2.44. The fraction of sp³-hybridized carbons (Fsp3) is 0.200. The first kappa shape index (κ1) is 12.9. The lowest BCUT2D eigenvalue weighted by atomic mass is 10.2. The summed E-state index contributed by atoms with van der Waals surface area (Å²) in [7, 11) is 0. The van der Waals surface area contributed by atoms with E-state index in [2.05, 4.69) is 15.3 Å². The van der Waals surface area contributed by atoms with E-state index < -0.39 is 0 Å². The number of hydrogen-bond donors (Lipinski definition) is 2. The largest absolute Gasteiger partial charge is 0.345 e. The number of fused-ring (bicyclic) bond motifs is 1. The zero-order valence-corrected chi connectivity index (χ0v) is 12.0. The Bertz CT molecular complexity index is 744. The van der Waals surface area contributed by atoms with Gasteiger partial charge in [-0.3, -0.25) is 4.79 Å². The summed E-state index contributed by atoms with van der Waals surface area (Å²) < 4.78 is 0. The second-order valence-electron chi connectivity index (χ2n) is 4.56. The van der Waals surface area contributed by atoms with Gasteiger partial charge in [0.2, 0.25) is 5.91 Å². The number of thiophene rings is 1. The van der Waals surface area contributed by atoms with E-state index in [9.17, 15) is 4.79 Å². The SMILES string of the molecule is CCCC(=O)Nc1ccc(-c2c[nH]c3ncccc23)s1. The van der Waals surface area contributed by atoms with E-state index >= 15 is 0 Å². The topological polar surface area (TPSA) is 57.8 Å². The maximum Gasteiger partial charge on any atom is 0.224 e. The minimum Gasteiger partial charge on any atom is -0.345 e. The lowest BCUT2D eigenvalue weighted by Gasteiger charge is -1.99. The van der Waals surface area contributed by atoms with Gasteiger partial charge in [-0.2, -0.15) is 0 Å². The molecule has 3 rings (SSSR count). The molecule has 0 aliphatic carbocycles. The Morgan fingerprint density at radius 2 is 2.30 bits per heavy atom. The minimum atomic E-state index is 0.0708. The molecule has 0 aliphatic heterocycles. The fourth-order valence-corrected chi connectivity index (χ4v) is 3.09. The van der Waals surface area contributed by atoms with Crippen molar-refractivity contribution in [3.8, 4) is 10.4 Å². The molecule has 20 heavy (non-hydrogen) atoms. The molecule has 0 atom stereocenters. The van der Waals surface area contributed by atoms with Crippen LogP contribution < -0.4 is 5.32 Å². The zero-order chi connectivity index (χ0) is 13.9. The van der Waals surface area contributed by atoms with Gasteiger partial charge >= 0.3 is 0 Å². The molecule has 2 N–H and O–H groups in total. The number of carbonyl (C=O) groups is 1. The Morgan fingerprint density at radius 1 is 1.40 bits per heavy atom. The Labute approximate surface area is 120 Å². The molecular weight excluding hydrogens is 270 g/mol. The Morgan fingerprint density at radius 3 is 3.15 bits per heavy atom. The minimum absolute atomic E-state index is 0.0708. The van der Waals surface area contributed by atoms with Crippen molar-refractivity contribution in [2.75, 3.05) is 5.32 Å². The van der Waals surface area contributed by atoms with Crippen molar-refractivity contribution in [3.63, 3.8) is 0 Å². The number of pyridine rings is 1. The normalized spacial score (nSPS) is 10.8. The first-order valence-corrected chi connectivity index (χ1v) is 7.41. The van der Waals surface area contributed by atoms with Gasteiger partial charge in [0.25, 0.3) is 0 Å².